The van der Waals surface area contributed by atoms with Crippen LogP contribution in [0.5, 0.6) is 5.88 Å². The van der Waals surface area contributed by atoms with Crippen LogP contribution in [0.3, 0.4) is 0 Å². The highest BCUT2D eigenvalue weighted by Crippen LogP contribution is 2.38. The third-order valence-electron chi connectivity index (χ3n) is 7.66. The Hall–Kier alpha value is -3.33. The van der Waals surface area contributed by atoms with E-state index in [1.807, 2.05) is 15.7 Å². The lowest BCUT2D eigenvalue weighted by molar-refractivity contribution is -0.129. The Labute approximate surface area is 218 Å². The van der Waals surface area contributed by atoms with Gasteiger partial charge in [-0.05, 0) is 44.2 Å². The maximum absolute atomic E-state index is 11.8. The number of ether oxygens (including phenoxy) is 1. The number of rotatable bonds is 7. The molecule has 198 valence electrons. The average Bonchev–Trinajstić information content (AvgIpc) is 3.49. The number of aromatic nitrogens is 3. The van der Waals surface area contributed by atoms with Crippen molar-refractivity contribution < 1.29 is 14.6 Å². The normalized spacial score (nSPS) is 18.4. The highest BCUT2D eigenvalue weighted by Gasteiger charge is 2.31. The number of carbonyl (C=O) groups excluding carboxylic acids is 1. The number of methoxy groups -OCH3 is 1. The fourth-order valence-corrected chi connectivity index (χ4v) is 5.57. The minimum atomic E-state index is 0.0959. The lowest BCUT2D eigenvalue weighted by Crippen LogP contribution is -2.48. The third-order valence-corrected chi connectivity index (χ3v) is 7.66. The molecule has 5 rings (SSSR count). The molecular weight excluding hydrogens is 468 g/mol. The zero-order valence-corrected chi connectivity index (χ0v) is 22.4. The van der Waals surface area contributed by atoms with E-state index in [1.165, 1.54) is 11.1 Å². The minimum Gasteiger partial charge on any atom is -0.493 e. The van der Waals surface area contributed by atoms with E-state index in [2.05, 4.69) is 47.9 Å². The molecule has 2 saturated heterocycles. The van der Waals surface area contributed by atoms with Crippen LogP contribution < -0.4 is 9.80 Å². The second kappa shape index (κ2) is 10.6. The van der Waals surface area contributed by atoms with E-state index >= 15 is 0 Å². The number of hydrogen-bond donors (Lipinski definition) is 1. The van der Waals surface area contributed by atoms with E-state index in [9.17, 15) is 9.90 Å². The molecule has 0 spiro atoms. The van der Waals surface area contributed by atoms with Gasteiger partial charge in [0.2, 0.25) is 17.7 Å². The van der Waals surface area contributed by atoms with Gasteiger partial charge in [0.25, 0.3) is 0 Å². The van der Waals surface area contributed by atoms with Crippen molar-refractivity contribution in [3.63, 3.8) is 0 Å². The zero-order valence-electron chi connectivity index (χ0n) is 22.4. The second-order valence-electron chi connectivity index (χ2n) is 10.5. The van der Waals surface area contributed by atoms with Crippen LogP contribution in [0.2, 0.25) is 0 Å². The van der Waals surface area contributed by atoms with E-state index < -0.39 is 0 Å². The molecule has 9 nitrogen and oxygen atoms in total. The van der Waals surface area contributed by atoms with E-state index in [4.69, 9.17) is 14.7 Å². The number of benzene rings is 1. The maximum atomic E-state index is 11.8. The summed E-state index contributed by atoms with van der Waals surface area (Å²) in [6, 6.07) is 9.09. The molecule has 0 saturated carbocycles. The van der Waals surface area contributed by atoms with Crippen molar-refractivity contribution in [1.82, 2.24) is 19.4 Å². The first kappa shape index (κ1) is 25.3. The van der Waals surface area contributed by atoms with Crippen LogP contribution in [0.4, 0.5) is 11.8 Å². The van der Waals surface area contributed by atoms with Crippen molar-refractivity contribution in [3.8, 4) is 5.88 Å². The molecule has 4 heterocycles. The average molecular weight is 507 g/mol. The molecule has 2 aliphatic heterocycles. The Bertz CT molecular complexity index is 1250. The Morgan fingerprint density at radius 3 is 2.43 bits per heavy atom. The van der Waals surface area contributed by atoms with Crippen molar-refractivity contribution in [2.75, 3.05) is 49.6 Å². The molecule has 37 heavy (non-hydrogen) atoms. The number of aromatic hydroxyl groups is 1. The standard InChI is InChI=1S/C28H38N6O3/c1-19(2)34-17-24-25(27(34)36)29-28(32-14-12-31(13-15-32)20(3)35)30-26(24)33-11-5-6-23(33)16-21-7-9-22(10-8-21)18-37-4/h7-10,17,19,23,36H,5-6,11-16,18H2,1-4H3. The fourth-order valence-electron chi connectivity index (χ4n) is 5.57. The summed E-state index contributed by atoms with van der Waals surface area (Å²) in [5.41, 5.74) is 3.06. The van der Waals surface area contributed by atoms with Crippen molar-refractivity contribution >= 4 is 28.6 Å². The molecule has 1 unspecified atom stereocenters. The highest BCUT2D eigenvalue weighted by molar-refractivity contribution is 5.94. The van der Waals surface area contributed by atoms with Gasteiger partial charge >= 0.3 is 0 Å². The summed E-state index contributed by atoms with van der Waals surface area (Å²) in [6.07, 6.45) is 5.12. The van der Waals surface area contributed by atoms with E-state index in [-0.39, 0.29) is 17.8 Å². The maximum Gasteiger partial charge on any atom is 0.228 e. The second-order valence-corrected chi connectivity index (χ2v) is 10.5. The largest absolute Gasteiger partial charge is 0.493 e. The summed E-state index contributed by atoms with van der Waals surface area (Å²) in [6.45, 7) is 9.91. The fraction of sp³-hybridized carbons (Fsp3) is 0.536. The number of amides is 1. The molecule has 0 bridgehead atoms. The molecule has 2 aromatic heterocycles. The van der Waals surface area contributed by atoms with Crippen LogP contribution in [-0.4, -0.2) is 76.3 Å². The molecule has 2 fully saturated rings. The van der Waals surface area contributed by atoms with Gasteiger partial charge in [0.05, 0.1) is 12.0 Å². The van der Waals surface area contributed by atoms with Crippen molar-refractivity contribution in [3.05, 3.63) is 41.6 Å². The monoisotopic (exact) mass is 506 g/mol. The molecular formula is C28H38N6O3. The Morgan fingerprint density at radius 2 is 1.78 bits per heavy atom. The van der Waals surface area contributed by atoms with Gasteiger partial charge in [-0.2, -0.15) is 4.98 Å². The van der Waals surface area contributed by atoms with E-state index in [0.29, 0.717) is 50.3 Å². The molecule has 1 aromatic carbocycles. The van der Waals surface area contributed by atoms with E-state index in [1.54, 1.807) is 14.0 Å². The van der Waals surface area contributed by atoms with E-state index in [0.717, 1.165) is 37.0 Å². The highest BCUT2D eigenvalue weighted by atomic mass is 16.5. The first-order valence-electron chi connectivity index (χ1n) is 13.3. The number of piperazine rings is 1. The summed E-state index contributed by atoms with van der Waals surface area (Å²) in [7, 11) is 1.72. The smallest absolute Gasteiger partial charge is 0.228 e. The van der Waals surface area contributed by atoms with Crippen LogP contribution in [-0.2, 0) is 22.6 Å². The lowest BCUT2D eigenvalue weighted by Gasteiger charge is -2.35. The van der Waals surface area contributed by atoms with Crippen LogP contribution in [0.25, 0.3) is 10.9 Å². The molecule has 3 aromatic rings. The van der Waals surface area contributed by atoms with Gasteiger partial charge in [-0.25, -0.2) is 4.98 Å². The van der Waals surface area contributed by atoms with Gasteiger partial charge in [-0.15, -0.1) is 0 Å². The summed E-state index contributed by atoms with van der Waals surface area (Å²) in [4.78, 5) is 28.2. The SMILES string of the molecule is COCc1ccc(CC2CCCN2c2nc(N3CCN(C(C)=O)CC3)nc3c(O)n(C(C)C)cc23)cc1. The number of carbonyl (C=O) groups is 1. The topological polar surface area (TPSA) is 87.0 Å². The van der Waals surface area contributed by atoms with Crippen LogP contribution in [0, 0.1) is 0 Å². The quantitative estimate of drug-likeness (QED) is 0.522. The van der Waals surface area contributed by atoms with Gasteiger partial charge in [0, 0.05) is 65.0 Å². The predicted octanol–water partition coefficient (Wildman–Crippen LogP) is 3.74. The van der Waals surface area contributed by atoms with Crippen molar-refractivity contribution in [2.24, 2.45) is 0 Å². The van der Waals surface area contributed by atoms with Gasteiger partial charge in [-0.3, -0.25) is 4.79 Å². The molecule has 1 amide bonds. The Kier molecular flexibility index (Phi) is 7.24. The first-order valence-corrected chi connectivity index (χ1v) is 13.3. The summed E-state index contributed by atoms with van der Waals surface area (Å²) < 4.78 is 7.13. The number of hydrogen-bond acceptors (Lipinski definition) is 7. The van der Waals surface area contributed by atoms with Gasteiger partial charge in [0.1, 0.15) is 11.3 Å². The van der Waals surface area contributed by atoms with Crippen molar-refractivity contribution in [1.29, 1.82) is 0 Å². The molecule has 0 radical (unpaired) electrons. The number of anilines is 2. The molecule has 9 heteroatoms. The predicted molar refractivity (Wildman–Crippen MR) is 145 cm³/mol. The molecule has 2 aliphatic rings. The summed E-state index contributed by atoms with van der Waals surface area (Å²) in [5, 5.41) is 12.0. The molecule has 1 atom stereocenters. The molecule has 1 N–H and O–H groups in total. The summed E-state index contributed by atoms with van der Waals surface area (Å²) in [5.74, 6) is 1.79. The van der Waals surface area contributed by atoms with Gasteiger partial charge in [-0.1, -0.05) is 24.3 Å². The van der Waals surface area contributed by atoms with Crippen LogP contribution in [0.15, 0.2) is 30.5 Å². The minimum absolute atomic E-state index is 0.0959. The lowest BCUT2D eigenvalue weighted by atomic mass is 10.0. The zero-order chi connectivity index (χ0) is 26.1. The third kappa shape index (κ3) is 5.09. The Balaban J connectivity index is 1.49. The van der Waals surface area contributed by atoms with Crippen LogP contribution in [0.1, 0.15) is 50.8 Å². The molecule has 0 aliphatic carbocycles. The summed E-state index contributed by atoms with van der Waals surface area (Å²) >= 11 is 0. The number of nitrogens with zero attached hydrogens (tertiary/aromatic N) is 6. The first-order chi connectivity index (χ1) is 17.9. The van der Waals surface area contributed by atoms with Gasteiger partial charge in [0.15, 0.2) is 0 Å². The van der Waals surface area contributed by atoms with Crippen LogP contribution >= 0.6 is 0 Å². The Morgan fingerprint density at radius 1 is 1.08 bits per heavy atom. The van der Waals surface area contributed by atoms with Crippen molar-refractivity contribution in [2.45, 2.75) is 58.7 Å². The number of fused-ring (bicyclic) bond motifs is 1. The van der Waals surface area contributed by atoms with Gasteiger partial charge < -0.3 is 29.1 Å².